The zero-order chi connectivity index (χ0) is 14.0. The van der Waals surface area contributed by atoms with E-state index >= 15 is 0 Å². The lowest BCUT2D eigenvalue weighted by atomic mass is 10.0. The number of rotatable bonds is 3. The van der Waals surface area contributed by atoms with Crippen molar-refractivity contribution in [2.45, 2.75) is 6.42 Å². The summed E-state index contributed by atoms with van der Waals surface area (Å²) in [5.41, 5.74) is -0.0947. The van der Waals surface area contributed by atoms with Crippen LogP contribution < -0.4 is 0 Å². The summed E-state index contributed by atoms with van der Waals surface area (Å²) in [6.07, 6.45) is 2.30. The molecule has 19 heavy (non-hydrogen) atoms. The van der Waals surface area contributed by atoms with Gasteiger partial charge >= 0.3 is 0 Å². The highest BCUT2D eigenvalue weighted by atomic mass is 79.9. The lowest BCUT2D eigenvalue weighted by Gasteiger charge is -2.07. The molecule has 0 saturated carbocycles. The van der Waals surface area contributed by atoms with Gasteiger partial charge in [0.2, 0.25) is 0 Å². The van der Waals surface area contributed by atoms with Crippen molar-refractivity contribution in [3.05, 3.63) is 62.8 Å². The van der Waals surface area contributed by atoms with Crippen molar-refractivity contribution in [1.29, 1.82) is 0 Å². The highest BCUT2D eigenvalue weighted by Crippen LogP contribution is 2.24. The normalized spacial score (nSPS) is 10.5. The predicted molar refractivity (Wildman–Crippen MR) is 71.3 cm³/mol. The number of hydrogen-bond donors (Lipinski definition) is 0. The van der Waals surface area contributed by atoms with Gasteiger partial charge in [0.25, 0.3) is 0 Å². The number of halogens is 4. The topological polar surface area (TPSA) is 30.0 Å². The Kier molecular flexibility index (Phi) is 4.27. The third-order valence-electron chi connectivity index (χ3n) is 2.55. The molecule has 0 atom stereocenters. The summed E-state index contributed by atoms with van der Waals surface area (Å²) in [5, 5.41) is 0.156. The molecule has 0 unspecified atom stereocenters. The summed E-state index contributed by atoms with van der Waals surface area (Å²) >= 11 is 8.77. The van der Waals surface area contributed by atoms with E-state index in [1.807, 2.05) is 0 Å². The lowest BCUT2D eigenvalue weighted by Crippen LogP contribution is -2.08. The monoisotopic (exact) mass is 345 g/mol. The maximum absolute atomic E-state index is 13.8. The number of nitrogens with zero attached hydrogens (tertiary/aromatic N) is 1. The van der Waals surface area contributed by atoms with Crippen molar-refractivity contribution in [2.75, 3.05) is 0 Å². The fraction of sp³-hybridized carbons (Fsp3) is 0.0769. The van der Waals surface area contributed by atoms with Gasteiger partial charge in [0.1, 0.15) is 11.6 Å². The molecule has 0 saturated heterocycles. The van der Waals surface area contributed by atoms with E-state index in [-0.39, 0.29) is 20.6 Å². The molecule has 0 aliphatic heterocycles. The van der Waals surface area contributed by atoms with Crippen LogP contribution in [-0.4, -0.2) is 10.8 Å². The third-order valence-corrected chi connectivity index (χ3v) is 3.46. The van der Waals surface area contributed by atoms with Gasteiger partial charge in [0, 0.05) is 29.9 Å². The van der Waals surface area contributed by atoms with Crippen LogP contribution in [0.4, 0.5) is 8.78 Å². The van der Waals surface area contributed by atoms with Gasteiger partial charge in [-0.1, -0.05) is 11.6 Å². The number of pyridine rings is 1. The van der Waals surface area contributed by atoms with E-state index in [2.05, 4.69) is 20.9 Å². The minimum Gasteiger partial charge on any atom is -0.294 e. The van der Waals surface area contributed by atoms with Gasteiger partial charge in [-0.3, -0.25) is 9.78 Å². The van der Waals surface area contributed by atoms with Crippen LogP contribution in [-0.2, 0) is 6.42 Å². The second-order valence-corrected chi connectivity index (χ2v) is 5.04. The number of carbonyl (C=O) groups is 1. The van der Waals surface area contributed by atoms with Crippen LogP contribution in [0.3, 0.4) is 0 Å². The summed E-state index contributed by atoms with van der Waals surface area (Å²) in [6.45, 7) is 0. The van der Waals surface area contributed by atoms with Crippen molar-refractivity contribution < 1.29 is 13.6 Å². The van der Waals surface area contributed by atoms with Crippen LogP contribution in [0.2, 0.25) is 5.02 Å². The number of aromatic nitrogens is 1. The van der Waals surface area contributed by atoms with Crippen LogP contribution in [0.5, 0.6) is 0 Å². The van der Waals surface area contributed by atoms with Gasteiger partial charge in [-0.15, -0.1) is 0 Å². The molecule has 0 radical (unpaired) electrons. The van der Waals surface area contributed by atoms with Crippen LogP contribution in [0.25, 0.3) is 0 Å². The van der Waals surface area contributed by atoms with Gasteiger partial charge in [-0.25, -0.2) is 8.78 Å². The first kappa shape index (κ1) is 14.1. The first-order valence-corrected chi connectivity index (χ1v) is 6.43. The Balaban J connectivity index is 2.35. The molecule has 1 aromatic carbocycles. The molecular formula is C13H7BrClF2NO. The molecule has 98 valence electrons. The second-order valence-electron chi connectivity index (χ2n) is 3.78. The van der Waals surface area contributed by atoms with Gasteiger partial charge in [-0.2, -0.15) is 0 Å². The molecule has 0 fully saturated rings. The Labute approximate surface area is 121 Å². The Bertz CT molecular complexity index is 649. The summed E-state index contributed by atoms with van der Waals surface area (Å²) < 4.78 is 27.4. The van der Waals surface area contributed by atoms with E-state index in [0.29, 0.717) is 0 Å². The van der Waals surface area contributed by atoms with E-state index < -0.39 is 23.8 Å². The Morgan fingerprint density at radius 2 is 2.05 bits per heavy atom. The molecule has 2 aromatic rings. The summed E-state index contributed by atoms with van der Waals surface area (Å²) in [6, 6.07) is 3.76. The maximum atomic E-state index is 13.8. The van der Waals surface area contributed by atoms with E-state index in [9.17, 15) is 13.6 Å². The number of Topliss-reactive ketones (excluding diaryl/α,β-unsaturated/α-hetero) is 1. The number of ketones is 1. The molecule has 0 spiro atoms. The second kappa shape index (κ2) is 5.75. The maximum Gasteiger partial charge on any atom is 0.169 e. The Hall–Kier alpha value is -1.33. The zero-order valence-electron chi connectivity index (χ0n) is 9.46. The molecular weight excluding hydrogens is 340 g/mol. The van der Waals surface area contributed by atoms with Crippen molar-refractivity contribution in [1.82, 2.24) is 4.98 Å². The van der Waals surface area contributed by atoms with E-state index in [1.165, 1.54) is 24.5 Å². The van der Waals surface area contributed by atoms with E-state index in [0.717, 1.165) is 6.07 Å². The quantitative estimate of drug-likeness (QED) is 0.616. The molecule has 2 nitrogen and oxygen atoms in total. The molecule has 0 aliphatic carbocycles. The van der Waals surface area contributed by atoms with Gasteiger partial charge in [0.05, 0.1) is 9.50 Å². The SMILES string of the molecule is O=C(Cc1c(F)ccc(Br)c1F)c1ccncc1Cl. The van der Waals surface area contributed by atoms with Crippen molar-refractivity contribution in [3.8, 4) is 0 Å². The molecule has 6 heteroatoms. The molecule has 0 amide bonds. The zero-order valence-corrected chi connectivity index (χ0v) is 11.8. The average molecular weight is 347 g/mol. The number of hydrogen-bond acceptors (Lipinski definition) is 2. The first-order chi connectivity index (χ1) is 9.00. The number of benzene rings is 1. The molecule has 1 heterocycles. The van der Waals surface area contributed by atoms with Gasteiger partial charge in [-0.05, 0) is 34.1 Å². The summed E-state index contributed by atoms with van der Waals surface area (Å²) in [4.78, 5) is 15.7. The van der Waals surface area contributed by atoms with Crippen LogP contribution in [0.15, 0.2) is 35.1 Å². The lowest BCUT2D eigenvalue weighted by molar-refractivity contribution is 0.0990. The third kappa shape index (κ3) is 2.98. The molecule has 0 bridgehead atoms. The fourth-order valence-corrected chi connectivity index (χ4v) is 2.18. The molecule has 0 aliphatic rings. The van der Waals surface area contributed by atoms with E-state index in [4.69, 9.17) is 11.6 Å². The fourth-order valence-electron chi connectivity index (χ4n) is 1.59. The average Bonchev–Trinajstić information content (AvgIpc) is 2.39. The Morgan fingerprint density at radius 3 is 2.74 bits per heavy atom. The smallest absolute Gasteiger partial charge is 0.169 e. The summed E-state index contributed by atoms with van der Waals surface area (Å²) in [5.74, 6) is -2.01. The Morgan fingerprint density at radius 1 is 1.32 bits per heavy atom. The first-order valence-electron chi connectivity index (χ1n) is 5.25. The standard InChI is InChI=1S/C13H7BrClF2NO/c14-9-1-2-11(16)8(13(9)17)5-12(19)7-3-4-18-6-10(7)15/h1-4,6H,5H2. The summed E-state index contributed by atoms with van der Waals surface area (Å²) in [7, 11) is 0. The van der Waals surface area contributed by atoms with Crippen LogP contribution in [0.1, 0.15) is 15.9 Å². The predicted octanol–water partition coefficient (Wildman–Crippen LogP) is 4.20. The largest absolute Gasteiger partial charge is 0.294 e. The van der Waals surface area contributed by atoms with Crippen molar-refractivity contribution in [2.24, 2.45) is 0 Å². The van der Waals surface area contributed by atoms with Gasteiger partial charge in [0.15, 0.2) is 5.78 Å². The van der Waals surface area contributed by atoms with Crippen LogP contribution in [0, 0.1) is 11.6 Å². The highest BCUT2D eigenvalue weighted by Gasteiger charge is 2.18. The van der Waals surface area contributed by atoms with Crippen molar-refractivity contribution in [3.63, 3.8) is 0 Å². The van der Waals surface area contributed by atoms with Crippen molar-refractivity contribution >= 4 is 33.3 Å². The molecule has 2 rings (SSSR count). The molecule has 0 N–H and O–H groups in total. The minimum atomic E-state index is -0.779. The van der Waals surface area contributed by atoms with Gasteiger partial charge < -0.3 is 0 Å². The van der Waals surface area contributed by atoms with Crippen LogP contribution >= 0.6 is 27.5 Å². The molecule has 1 aromatic heterocycles. The minimum absolute atomic E-state index is 0.109. The highest BCUT2D eigenvalue weighted by molar-refractivity contribution is 9.10. The van der Waals surface area contributed by atoms with E-state index in [1.54, 1.807) is 0 Å². The number of carbonyl (C=O) groups excluding carboxylic acids is 1.